The molecule has 0 aromatic heterocycles. The third-order valence-electron chi connectivity index (χ3n) is 7.73. The molecule has 2 fully saturated rings. The van der Waals surface area contributed by atoms with Gasteiger partial charge in [-0.3, -0.25) is 9.69 Å². The van der Waals surface area contributed by atoms with E-state index in [0.717, 1.165) is 24.5 Å². The van der Waals surface area contributed by atoms with Crippen LogP contribution in [0.5, 0.6) is 0 Å². The summed E-state index contributed by atoms with van der Waals surface area (Å²) in [5.41, 5.74) is 8.75. The molecule has 2 heterocycles. The molecule has 2 aromatic rings. The quantitative estimate of drug-likeness (QED) is 0.568. The molecule has 35 heavy (non-hydrogen) atoms. The zero-order chi connectivity index (χ0) is 25.5. The molecular weight excluding hydrogens is 468 g/mol. The molecule has 0 spiro atoms. The molecule has 2 aromatic carbocycles. The first-order valence-electron chi connectivity index (χ1n) is 12.5. The molecule has 190 valence electrons. The Kier molecular flexibility index (Phi) is 7.56. The van der Waals surface area contributed by atoms with Gasteiger partial charge in [-0.1, -0.05) is 23.7 Å². The van der Waals surface area contributed by atoms with Crippen LogP contribution in [0.1, 0.15) is 75.1 Å². The van der Waals surface area contributed by atoms with Crippen molar-refractivity contribution >= 4 is 17.5 Å². The van der Waals surface area contributed by atoms with E-state index in [4.69, 9.17) is 17.3 Å². The van der Waals surface area contributed by atoms with E-state index >= 15 is 0 Å². The van der Waals surface area contributed by atoms with Crippen LogP contribution in [-0.4, -0.2) is 47.4 Å². The number of amides is 1. The van der Waals surface area contributed by atoms with Crippen molar-refractivity contribution < 1.29 is 13.6 Å². The third-order valence-corrected chi connectivity index (χ3v) is 7.97. The molecule has 0 bridgehead atoms. The van der Waals surface area contributed by atoms with Gasteiger partial charge < -0.3 is 10.6 Å². The predicted molar refractivity (Wildman–Crippen MR) is 137 cm³/mol. The second-order valence-electron chi connectivity index (χ2n) is 11.1. The maximum absolute atomic E-state index is 14.8. The van der Waals surface area contributed by atoms with E-state index in [1.807, 2.05) is 24.0 Å². The Morgan fingerprint density at radius 1 is 1.06 bits per heavy atom. The van der Waals surface area contributed by atoms with E-state index in [1.165, 1.54) is 17.7 Å². The highest BCUT2D eigenvalue weighted by Crippen LogP contribution is 2.40. The highest BCUT2D eigenvalue weighted by molar-refractivity contribution is 6.30. The fourth-order valence-corrected chi connectivity index (χ4v) is 5.86. The maximum atomic E-state index is 14.8. The number of halogens is 3. The SMILES string of the molecule is C[C@H](N)c1cc(Cl)ccc1C1CCN(C(=O)[C@@H]2CN(C(C)(C)C)C[C@H]2c2ccc(F)cc2F)CC1. The minimum atomic E-state index is -0.602. The largest absolute Gasteiger partial charge is 0.342 e. The van der Waals surface area contributed by atoms with E-state index in [2.05, 4.69) is 31.7 Å². The van der Waals surface area contributed by atoms with Crippen LogP contribution in [0.2, 0.25) is 5.02 Å². The number of carbonyl (C=O) groups is 1. The molecule has 7 heteroatoms. The summed E-state index contributed by atoms with van der Waals surface area (Å²) in [4.78, 5) is 17.9. The van der Waals surface area contributed by atoms with Crippen LogP contribution in [0.3, 0.4) is 0 Å². The number of carbonyl (C=O) groups excluding carboxylic acids is 1. The molecule has 3 atom stereocenters. The first-order chi connectivity index (χ1) is 16.5. The molecule has 1 amide bonds. The topological polar surface area (TPSA) is 49.6 Å². The second-order valence-corrected chi connectivity index (χ2v) is 11.6. The van der Waals surface area contributed by atoms with Crippen LogP contribution < -0.4 is 5.73 Å². The van der Waals surface area contributed by atoms with Gasteiger partial charge in [-0.05, 0) is 81.3 Å². The van der Waals surface area contributed by atoms with E-state index in [-0.39, 0.29) is 29.3 Å². The van der Waals surface area contributed by atoms with Gasteiger partial charge in [-0.15, -0.1) is 0 Å². The van der Waals surface area contributed by atoms with Crippen LogP contribution in [0.15, 0.2) is 36.4 Å². The van der Waals surface area contributed by atoms with Crippen LogP contribution in [0.25, 0.3) is 0 Å². The van der Waals surface area contributed by atoms with E-state index in [1.54, 1.807) is 0 Å². The summed E-state index contributed by atoms with van der Waals surface area (Å²) < 4.78 is 28.4. The van der Waals surface area contributed by atoms with Gasteiger partial charge in [0.05, 0.1) is 5.92 Å². The summed E-state index contributed by atoms with van der Waals surface area (Å²) in [6, 6.07) is 9.51. The Hall–Kier alpha value is -2.02. The van der Waals surface area contributed by atoms with Crippen molar-refractivity contribution in [3.05, 3.63) is 69.7 Å². The molecular formula is C28H36ClF2N3O. The van der Waals surface area contributed by atoms with Crippen molar-refractivity contribution in [3.8, 4) is 0 Å². The Morgan fingerprint density at radius 2 is 1.71 bits per heavy atom. The van der Waals surface area contributed by atoms with Gasteiger partial charge in [0.2, 0.25) is 5.91 Å². The summed E-state index contributed by atoms with van der Waals surface area (Å²) >= 11 is 6.21. The van der Waals surface area contributed by atoms with Crippen LogP contribution in [-0.2, 0) is 4.79 Å². The highest BCUT2D eigenvalue weighted by atomic mass is 35.5. The minimum Gasteiger partial charge on any atom is -0.342 e. The zero-order valence-electron chi connectivity index (χ0n) is 21.0. The molecule has 0 unspecified atom stereocenters. The summed E-state index contributed by atoms with van der Waals surface area (Å²) in [5, 5.41) is 0.678. The fourth-order valence-electron chi connectivity index (χ4n) is 5.68. The fraction of sp³-hybridized carbons (Fsp3) is 0.536. The second kappa shape index (κ2) is 10.2. The van der Waals surface area contributed by atoms with E-state index in [9.17, 15) is 13.6 Å². The average molecular weight is 504 g/mol. The van der Waals surface area contributed by atoms with Gasteiger partial charge in [0, 0.05) is 54.8 Å². The Balaban J connectivity index is 1.52. The Morgan fingerprint density at radius 3 is 2.31 bits per heavy atom. The number of hydrogen-bond acceptors (Lipinski definition) is 3. The third kappa shape index (κ3) is 5.55. The average Bonchev–Trinajstić information content (AvgIpc) is 3.24. The number of piperidine rings is 1. The number of rotatable bonds is 4. The van der Waals surface area contributed by atoms with Gasteiger partial charge in [0.25, 0.3) is 0 Å². The van der Waals surface area contributed by atoms with E-state index in [0.29, 0.717) is 42.7 Å². The number of nitrogens with two attached hydrogens (primary N) is 1. The molecule has 2 N–H and O–H groups in total. The lowest BCUT2D eigenvalue weighted by Crippen LogP contribution is -2.44. The molecule has 2 saturated heterocycles. The van der Waals surface area contributed by atoms with Gasteiger partial charge in [0.1, 0.15) is 11.6 Å². The molecule has 2 aliphatic heterocycles. The van der Waals surface area contributed by atoms with Crippen LogP contribution in [0.4, 0.5) is 8.78 Å². The lowest BCUT2D eigenvalue weighted by molar-refractivity contribution is -0.136. The molecule has 4 rings (SSSR count). The molecule has 0 aliphatic carbocycles. The highest BCUT2D eigenvalue weighted by Gasteiger charge is 2.44. The summed E-state index contributed by atoms with van der Waals surface area (Å²) in [5.74, 6) is -1.46. The van der Waals surface area contributed by atoms with Crippen molar-refractivity contribution in [1.29, 1.82) is 0 Å². The first-order valence-corrected chi connectivity index (χ1v) is 12.9. The summed E-state index contributed by atoms with van der Waals surface area (Å²) in [6.07, 6.45) is 1.69. The number of nitrogens with zero attached hydrogens (tertiary/aromatic N) is 2. The van der Waals surface area contributed by atoms with Gasteiger partial charge in [-0.2, -0.15) is 0 Å². The summed E-state index contributed by atoms with van der Waals surface area (Å²) in [7, 11) is 0. The number of hydrogen-bond donors (Lipinski definition) is 1. The zero-order valence-corrected chi connectivity index (χ0v) is 21.8. The van der Waals surface area contributed by atoms with Crippen molar-refractivity contribution in [2.75, 3.05) is 26.2 Å². The van der Waals surface area contributed by atoms with Crippen molar-refractivity contribution in [2.24, 2.45) is 11.7 Å². The maximum Gasteiger partial charge on any atom is 0.227 e. The van der Waals surface area contributed by atoms with Gasteiger partial charge in [-0.25, -0.2) is 8.78 Å². The summed E-state index contributed by atoms with van der Waals surface area (Å²) in [6.45, 7) is 10.7. The lowest BCUT2D eigenvalue weighted by atomic mass is 9.83. The molecule has 0 saturated carbocycles. The van der Waals surface area contributed by atoms with E-state index < -0.39 is 11.6 Å². The number of likely N-dealkylation sites (tertiary alicyclic amines) is 2. The Labute approximate surface area is 212 Å². The standard InChI is InChI=1S/C28H36ClF2N3O/c1-17(32)23-13-19(29)5-7-21(23)18-9-11-33(12-10-18)27(35)25-16-34(28(2,3)4)15-24(25)22-8-6-20(30)14-26(22)31/h5-8,13-14,17-18,24-25H,9-12,15-16,32H2,1-4H3/t17-,24-,25+/m0/s1. The lowest BCUT2D eigenvalue weighted by Gasteiger charge is -2.36. The minimum absolute atomic E-state index is 0.0625. The smallest absolute Gasteiger partial charge is 0.227 e. The monoisotopic (exact) mass is 503 g/mol. The molecule has 0 radical (unpaired) electrons. The van der Waals surface area contributed by atoms with Gasteiger partial charge >= 0.3 is 0 Å². The Bertz CT molecular complexity index is 1080. The van der Waals surface area contributed by atoms with Crippen LogP contribution >= 0.6 is 11.6 Å². The first kappa shape index (κ1) is 26.1. The number of benzene rings is 2. The molecule has 2 aliphatic rings. The predicted octanol–water partition coefficient (Wildman–Crippen LogP) is 5.86. The van der Waals surface area contributed by atoms with Gasteiger partial charge in [0.15, 0.2) is 0 Å². The van der Waals surface area contributed by atoms with Crippen LogP contribution in [0, 0.1) is 17.6 Å². The van der Waals surface area contributed by atoms with Crippen molar-refractivity contribution in [1.82, 2.24) is 9.80 Å². The molecule has 4 nitrogen and oxygen atoms in total. The van der Waals surface area contributed by atoms with Crippen molar-refractivity contribution in [3.63, 3.8) is 0 Å². The normalized spacial score (nSPS) is 23.0. The van der Waals surface area contributed by atoms with Crippen molar-refractivity contribution in [2.45, 2.75) is 64.0 Å².